The number of hydrogen-bond donors (Lipinski definition) is 1. The molecule has 0 aliphatic rings. The summed E-state index contributed by atoms with van der Waals surface area (Å²) in [5.41, 5.74) is 1.44. The molecule has 0 atom stereocenters. The Balaban J connectivity index is 1.98. The standard InChI is InChI=1S/C13H12ClF2N3/c1-8-7-18-13(14)19-12(8)17-3-2-9-4-10(15)6-11(16)5-9/h4-7H,2-3H2,1H3,(H,17,18,19). The maximum atomic E-state index is 13.0. The molecule has 1 aromatic heterocycles. The molecule has 19 heavy (non-hydrogen) atoms. The van der Waals surface area contributed by atoms with Gasteiger partial charge < -0.3 is 5.32 Å². The fraction of sp³-hybridized carbons (Fsp3) is 0.231. The fourth-order valence-corrected chi connectivity index (χ4v) is 1.81. The zero-order valence-corrected chi connectivity index (χ0v) is 11.0. The average Bonchev–Trinajstić information content (AvgIpc) is 2.32. The van der Waals surface area contributed by atoms with Crippen LogP contribution in [0.5, 0.6) is 0 Å². The van der Waals surface area contributed by atoms with E-state index in [1.807, 2.05) is 6.92 Å². The Bertz CT molecular complexity index is 570. The van der Waals surface area contributed by atoms with Crippen molar-refractivity contribution in [2.45, 2.75) is 13.3 Å². The summed E-state index contributed by atoms with van der Waals surface area (Å²) >= 11 is 5.69. The molecule has 0 radical (unpaired) electrons. The van der Waals surface area contributed by atoms with Gasteiger partial charge in [-0.3, -0.25) is 0 Å². The zero-order valence-electron chi connectivity index (χ0n) is 10.3. The maximum Gasteiger partial charge on any atom is 0.224 e. The van der Waals surface area contributed by atoms with E-state index < -0.39 is 11.6 Å². The van der Waals surface area contributed by atoms with Gasteiger partial charge in [-0.15, -0.1) is 0 Å². The molecule has 0 saturated heterocycles. The Labute approximate surface area is 114 Å². The number of benzene rings is 1. The predicted octanol–water partition coefficient (Wildman–Crippen LogP) is 3.37. The van der Waals surface area contributed by atoms with Crippen molar-refractivity contribution in [1.29, 1.82) is 0 Å². The summed E-state index contributed by atoms with van der Waals surface area (Å²) in [6, 6.07) is 3.47. The summed E-state index contributed by atoms with van der Waals surface area (Å²) in [5.74, 6) is -0.524. The maximum absolute atomic E-state index is 13.0. The van der Waals surface area contributed by atoms with Gasteiger partial charge in [0, 0.05) is 24.4 Å². The molecule has 6 heteroatoms. The first-order valence-corrected chi connectivity index (χ1v) is 6.10. The lowest BCUT2D eigenvalue weighted by atomic mass is 10.1. The largest absolute Gasteiger partial charge is 0.369 e. The number of nitrogens with zero attached hydrogens (tertiary/aromatic N) is 2. The van der Waals surface area contributed by atoms with Crippen molar-refractivity contribution < 1.29 is 8.78 Å². The van der Waals surface area contributed by atoms with E-state index >= 15 is 0 Å². The molecule has 100 valence electrons. The van der Waals surface area contributed by atoms with Gasteiger partial charge in [-0.05, 0) is 42.6 Å². The van der Waals surface area contributed by atoms with Crippen LogP contribution in [0.15, 0.2) is 24.4 Å². The molecule has 0 amide bonds. The Morgan fingerprint density at radius 3 is 2.58 bits per heavy atom. The highest BCUT2D eigenvalue weighted by Crippen LogP contribution is 2.13. The quantitative estimate of drug-likeness (QED) is 0.874. The first kappa shape index (κ1) is 13.7. The van der Waals surface area contributed by atoms with Crippen molar-refractivity contribution >= 4 is 17.4 Å². The Morgan fingerprint density at radius 1 is 1.21 bits per heavy atom. The van der Waals surface area contributed by atoms with Gasteiger partial charge in [0.15, 0.2) is 0 Å². The van der Waals surface area contributed by atoms with Crippen molar-refractivity contribution in [3.63, 3.8) is 0 Å². The molecule has 1 N–H and O–H groups in total. The third kappa shape index (κ3) is 3.86. The minimum Gasteiger partial charge on any atom is -0.369 e. The minimum atomic E-state index is -0.573. The Kier molecular flexibility index (Phi) is 4.27. The smallest absolute Gasteiger partial charge is 0.224 e. The van der Waals surface area contributed by atoms with Crippen LogP contribution in [0.4, 0.5) is 14.6 Å². The van der Waals surface area contributed by atoms with Crippen LogP contribution in [0, 0.1) is 18.6 Å². The molecular formula is C13H12ClF2N3. The monoisotopic (exact) mass is 283 g/mol. The molecule has 0 aliphatic heterocycles. The number of rotatable bonds is 4. The lowest BCUT2D eigenvalue weighted by molar-refractivity contribution is 0.580. The average molecular weight is 284 g/mol. The van der Waals surface area contributed by atoms with Crippen LogP contribution in [0.2, 0.25) is 5.28 Å². The van der Waals surface area contributed by atoms with Crippen LogP contribution in [-0.2, 0) is 6.42 Å². The fourth-order valence-electron chi connectivity index (χ4n) is 1.68. The van der Waals surface area contributed by atoms with Crippen molar-refractivity contribution in [3.05, 3.63) is 52.4 Å². The van der Waals surface area contributed by atoms with Gasteiger partial charge in [-0.2, -0.15) is 0 Å². The summed E-state index contributed by atoms with van der Waals surface area (Å²) in [4.78, 5) is 7.88. The Morgan fingerprint density at radius 2 is 1.89 bits per heavy atom. The summed E-state index contributed by atoms with van der Waals surface area (Å²) < 4.78 is 26.0. The molecule has 2 rings (SSSR count). The van der Waals surface area contributed by atoms with E-state index in [0.29, 0.717) is 24.3 Å². The van der Waals surface area contributed by atoms with E-state index in [9.17, 15) is 8.78 Å². The molecular weight excluding hydrogens is 272 g/mol. The number of aromatic nitrogens is 2. The number of halogens is 3. The second kappa shape index (κ2) is 5.93. The van der Waals surface area contributed by atoms with Crippen molar-refractivity contribution in [3.8, 4) is 0 Å². The summed E-state index contributed by atoms with van der Waals surface area (Å²) in [5, 5.41) is 3.22. The number of aryl methyl sites for hydroxylation is 1. The van der Waals surface area contributed by atoms with Crippen LogP contribution >= 0.6 is 11.6 Å². The van der Waals surface area contributed by atoms with E-state index in [4.69, 9.17) is 11.6 Å². The summed E-state index contributed by atoms with van der Waals surface area (Å²) in [7, 11) is 0. The highest BCUT2D eigenvalue weighted by Gasteiger charge is 2.03. The molecule has 0 spiro atoms. The van der Waals surface area contributed by atoms with E-state index in [-0.39, 0.29) is 5.28 Å². The molecule has 0 unspecified atom stereocenters. The third-order valence-corrected chi connectivity index (χ3v) is 2.75. The molecule has 2 aromatic rings. The van der Waals surface area contributed by atoms with Crippen LogP contribution in [0.25, 0.3) is 0 Å². The molecule has 1 heterocycles. The first-order chi connectivity index (χ1) is 9.04. The van der Waals surface area contributed by atoms with Gasteiger partial charge in [-0.25, -0.2) is 18.7 Å². The lowest BCUT2D eigenvalue weighted by Crippen LogP contribution is -2.08. The highest BCUT2D eigenvalue weighted by atomic mass is 35.5. The lowest BCUT2D eigenvalue weighted by Gasteiger charge is -2.08. The first-order valence-electron chi connectivity index (χ1n) is 5.72. The van der Waals surface area contributed by atoms with Crippen LogP contribution in [0.1, 0.15) is 11.1 Å². The number of nitrogens with one attached hydrogen (secondary N) is 1. The van der Waals surface area contributed by atoms with E-state index in [0.717, 1.165) is 11.6 Å². The molecule has 3 nitrogen and oxygen atoms in total. The SMILES string of the molecule is Cc1cnc(Cl)nc1NCCc1cc(F)cc(F)c1. The topological polar surface area (TPSA) is 37.8 Å². The zero-order chi connectivity index (χ0) is 13.8. The number of hydrogen-bond acceptors (Lipinski definition) is 3. The van der Waals surface area contributed by atoms with E-state index in [2.05, 4.69) is 15.3 Å². The van der Waals surface area contributed by atoms with Gasteiger partial charge in [0.25, 0.3) is 0 Å². The molecule has 0 saturated carbocycles. The van der Waals surface area contributed by atoms with Gasteiger partial charge in [0.05, 0.1) is 0 Å². The second-order valence-electron chi connectivity index (χ2n) is 4.13. The minimum absolute atomic E-state index is 0.157. The predicted molar refractivity (Wildman–Crippen MR) is 70.3 cm³/mol. The highest BCUT2D eigenvalue weighted by molar-refractivity contribution is 6.28. The van der Waals surface area contributed by atoms with Gasteiger partial charge in [0.2, 0.25) is 5.28 Å². The number of anilines is 1. The van der Waals surface area contributed by atoms with Gasteiger partial charge >= 0.3 is 0 Å². The molecule has 0 aliphatic carbocycles. The van der Waals surface area contributed by atoms with Crippen molar-refractivity contribution in [1.82, 2.24) is 9.97 Å². The second-order valence-corrected chi connectivity index (χ2v) is 4.46. The molecule has 0 bridgehead atoms. The van der Waals surface area contributed by atoms with E-state index in [1.54, 1.807) is 6.20 Å². The van der Waals surface area contributed by atoms with Gasteiger partial charge in [0.1, 0.15) is 17.5 Å². The summed E-state index contributed by atoms with van der Waals surface area (Å²) in [6.07, 6.45) is 2.09. The van der Waals surface area contributed by atoms with Crippen LogP contribution < -0.4 is 5.32 Å². The Hall–Kier alpha value is -1.75. The van der Waals surface area contributed by atoms with Crippen LogP contribution in [0.3, 0.4) is 0 Å². The summed E-state index contributed by atoms with van der Waals surface area (Å²) in [6.45, 7) is 2.34. The normalized spacial score (nSPS) is 10.5. The molecule has 1 aromatic carbocycles. The van der Waals surface area contributed by atoms with Crippen molar-refractivity contribution in [2.24, 2.45) is 0 Å². The van der Waals surface area contributed by atoms with Crippen LogP contribution in [-0.4, -0.2) is 16.5 Å². The van der Waals surface area contributed by atoms with Crippen molar-refractivity contribution in [2.75, 3.05) is 11.9 Å². The molecule has 0 fully saturated rings. The third-order valence-electron chi connectivity index (χ3n) is 2.57. The van der Waals surface area contributed by atoms with E-state index in [1.165, 1.54) is 12.1 Å². The van der Waals surface area contributed by atoms with Gasteiger partial charge in [-0.1, -0.05) is 0 Å².